The molecule has 0 aliphatic rings. The van der Waals surface area contributed by atoms with E-state index in [-0.39, 0.29) is 5.56 Å². The number of thiazole rings is 1. The summed E-state index contributed by atoms with van der Waals surface area (Å²) >= 11 is 1.39. The molecule has 0 radical (unpaired) electrons. The van der Waals surface area contributed by atoms with Gasteiger partial charge in [-0.05, 0) is 6.07 Å². The largest absolute Gasteiger partial charge is 0.244 e. The summed E-state index contributed by atoms with van der Waals surface area (Å²) in [6.45, 7) is 0. The lowest BCUT2D eigenvalue weighted by molar-refractivity contribution is 0.624. The van der Waals surface area contributed by atoms with E-state index in [0.29, 0.717) is 10.6 Å². The zero-order chi connectivity index (χ0) is 9.97. The molecule has 0 saturated carbocycles. The van der Waals surface area contributed by atoms with Crippen molar-refractivity contribution in [1.29, 1.82) is 5.26 Å². The molecule has 0 aliphatic heterocycles. The molecule has 2 nitrogen and oxygen atoms in total. The second-order valence-corrected chi connectivity index (χ2v) is 3.51. The van der Waals surface area contributed by atoms with E-state index in [0.717, 1.165) is 0 Å². The smallest absolute Gasteiger partial charge is 0.141 e. The Labute approximate surface area is 84.3 Å². The lowest BCUT2D eigenvalue weighted by Crippen LogP contribution is -1.87. The van der Waals surface area contributed by atoms with Gasteiger partial charge in [-0.1, -0.05) is 12.1 Å². The predicted octanol–water partition coefficient (Wildman–Crippen LogP) is 2.82. The standard InChI is InChI=1S/C10H5FN2S/c11-9-3-1-2-7(8(9)6-12)10-13-4-5-14-10/h1-5H. The van der Waals surface area contributed by atoms with Crippen LogP contribution in [0, 0.1) is 17.1 Å². The number of halogens is 1. The van der Waals surface area contributed by atoms with Crippen LogP contribution in [0.15, 0.2) is 29.8 Å². The molecule has 0 amide bonds. The number of benzene rings is 1. The van der Waals surface area contributed by atoms with Crippen LogP contribution in [0.2, 0.25) is 0 Å². The number of hydrogen-bond donors (Lipinski definition) is 0. The van der Waals surface area contributed by atoms with Crippen molar-refractivity contribution in [2.24, 2.45) is 0 Å². The van der Waals surface area contributed by atoms with E-state index in [2.05, 4.69) is 4.98 Å². The van der Waals surface area contributed by atoms with Gasteiger partial charge in [0.1, 0.15) is 16.9 Å². The zero-order valence-corrected chi connectivity index (χ0v) is 7.88. The van der Waals surface area contributed by atoms with Gasteiger partial charge < -0.3 is 0 Å². The van der Waals surface area contributed by atoms with Crippen LogP contribution in [0.3, 0.4) is 0 Å². The second-order valence-electron chi connectivity index (χ2n) is 2.61. The molecular weight excluding hydrogens is 199 g/mol. The maximum atomic E-state index is 13.2. The molecule has 1 aromatic heterocycles. The molecule has 0 saturated heterocycles. The number of hydrogen-bond acceptors (Lipinski definition) is 3. The average Bonchev–Trinajstić information content (AvgIpc) is 2.70. The SMILES string of the molecule is N#Cc1c(F)cccc1-c1nccs1. The fourth-order valence-corrected chi connectivity index (χ4v) is 1.84. The number of nitrogens with zero attached hydrogens (tertiary/aromatic N) is 2. The van der Waals surface area contributed by atoms with Crippen LogP contribution in [0.25, 0.3) is 10.6 Å². The zero-order valence-electron chi connectivity index (χ0n) is 7.07. The minimum absolute atomic E-state index is 0.0578. The Bertz CT molecular complexity index is 485. The topological polar surface area (TPSA) is 36.7 Å². The van der Waals surface area contributed by atoms with Gasteiger partial charge in [-0.2, -0.15) is 5.26 Å². The Hall–Kier alpha value is -1.73. The van der Waals surface area contributed by atoms with E-state index in [4.69, 9.17) is 5.26 Å². The van der Waals surface area contributed by atoms with Gasteiger partial charge in [0.2, 0.25) is 0 Å². The van der Waals surface area contributed by atoms with Gasteiger partial charge in [0.25, 0.3) is 0 Å². The third-order valence-electron chi connectivity index (χ3n) is 1.79. The number of nitriles is 1. The quantitative estimate of drug-likeness (QED) is 0.716. The fourth-order valence-electron chi connectivity index (χ4n) is 1.17. The minimum Gasteiger partial charge on any atom is -0.244 e. The molecule has 1 heterocycles. The van der Waals surface area contributed by atoms with E-state index in [9.17, 15) is 4.39 Å². The van der Waals surface area contributed by atoms with Gasteiger partial charge in [0.15, 0.2) is 0 Å². The molecule has 0 atom stereocenters. The van der Waals surface area contributed by atoms with E-state index < -0.39 is 5.82 Å². The maximum Gasteiger partial charge on any atom is 0.141 e. The van der Waals surface area contributed by atoms with E-state index in [1.807, 2.05) is 6.07 Å². The van der Waals surface area contributed by atoms with Crippen molar-refractivity contribution in [2.45, 2.75) is 0 Å². The highest BCUT2D eigenvalue weighted by molar-refractivity contribution is 7.13. The van der Waals surface area contributed by atoms with Gasteiger partial charge in [-0.15, -0.1) is 11.3 Å². The summed E-state index contributed by atoms with van der Waals surface area (Å²) in [6.07, 6.45) is 1.63. The molecule has 2 aromatic rings. The summed E-state index contributed by atoms with van der Waals surface area (Å²) in [6, 6.07) is 6.39. The molecule has 0 bridgehead atoms. The van der Waals surface area contributed by atoms with E-state index >= 15 is 0 Å². The number of rotatable bonds is 1. The third-order valence-corrected chi connectivity index (χ3v) is 2.59. The van der Waals surface area contributed by atoms with Gasteiger partial charge >= 0.3 is 0 Å². The average molecular weight is 204 g/mol. The van der Waals surface area contributed by atoms with Gasteiger partial charge in [-0.25, -0.2) is 9.37 Å². The molecule has 0 N–H and O–H groups in total. The van der Waals surface area contributed by atoms with Crippen molar-refractivity contribution in [2.75, 3.05) is 0 Å². The normalized spacial score (nSPS) is 9.71. The Kier molecular flexibility index (Phi) is 2.25. The van der Waals surface area contributed by atoms with Crippen molar-refractivity contribution in [3.8, 4) is 16.6 Å². The first kappa shape index (κ1) is 8.85. The van der Waals surface area contributed by atoms with Gasteiger partial charge in [0.05, 0.1) is 5.56 Å². The first-order valence-corrected chi connectivity index (χ1v) is 4.79. The first-order chi connectivity index (χ1) is 6.83. The van der Waals surface area contributed by atoms with Crippen LogP contribution in [-0.4, -0.2) is 4.98 Å². The van der Waals surface area contributed by atoms with Crippen LogP contribution in [0.4, 0.5) is 4.39 Å². The molecule has 4 heteroatoms. The van der Waals surface area contributed by atoms with Crippen molar-refractivity contribution in [3.05, 3.63) is 41.2 Å². The Morgan fingerprint density at radius 2 is 2.29 bits per heavy atom. The predicted molar refractivity (Wildman–Crippen MR) is 52.2 cm³/mol. The third kappa shape index (κ3) is 1.38. The molecule has 14 heavy (non-hydrogen) atoms. The summed E-state index contributed by atoms with van der Waals surface area (Å²) in [5.74, 6) is -0.500. The minimum atomic E-state index is -0.500. The summed E-state index contributed by atoms with van der Waals surface area (Å²) in [7, 11) is 0. The Morgan fingerprint density at radius 3 is 2.93 bits per heavy atom. The highest BCUT2D eigenvalue weighted by Crippen LogP contribution is 2.26. The highest BCUT2D eigenvalue weighted by Gasteiger charge is 2.10. The van der Waals surface area contributed by atoms with E-state index in [1.165, 1.54) is 17.4 Å². The van der Waals surface area contributed by atoms with Crippen LogP contribution in [0.1, 0.15) is 5.56 Å². The van der Waals surface area contributed by atoms with Crippen LogP contribution < -0.4 is 0 Å². The number of aromatic nitrogens is 1. The van der Waals surface area contributed by atoms with Crippen LogP contribution in [-0.2, 0) is 0 Å². The van der Waals surface area contributed by atoms with Gasteiger partial charge in [-0.3, -0.25) is 0 Å². The molecule has 0 aliphatic carbocycles. The van der Waals surface area contributed by atoms with Crippen molar-refractivity contribution in [1.82, 2.24) is 4.98 Å². The van der Waals surface area contributed by atoms with Crippen molar-refractivity contribution in [3.63, 3.8) is 0 Å². The summed E-state index contributed by atoms with van der Waals surface area (Å²) in [5.41, 5.74) is 0.616. The lowest BCUT2D eigenvalue weighted by atomic mass is 10.1. The van der Waals surface area contributed by atoms with Gasteiger partial charge in [0, 0.05) is 17.1 Å². The van der Waals surface area contributed by atoms with E-state index in [1.54, 1.807) is 23.7 Å². The monoisotopic (exact) mass is 204 g/mol. The van der Waals surface area contributed by atoms with Crippen molar-refractivity contribution < 1.29 is 4.39 Å². The molecule has 1 aromatic carbocycles. The lowest BCUT2D eigenvalue weighted by Gasteiger charge is -1.99. The molecular formula is C10H5FN2S. The Balaban J connectivity index is 2.66. The second kappa shape index (κ2) is 3.56. The summed E-state index contributed by atoms with van der Waals surface area (Å²) in [5, 5.41) is 11.2. The van der Waals surface area contributed by atoms with Crippen molar-refractivity contribution >= 4 is 11.3 Å². The summed E-state index contributed by atoms with van der Waals surface area (Å²) in [4.78, 5) is 4.04. The fraction of sp³-hybridized carbons (Fsp3) is 0. The molecule has 2 rings (SSSR count). The Morgan fingerprint density at radius 1 is 1.43 bits per heavy atom. The first-order valence-electron chi connectivity index (χ1n) is 3.91. The molecule has 0 unspecified atom stereocenters. The molecule has 0 spiro atoms. The highest BCUT2D eigenvalue weighted by atomic mass is 32.1. The summed E-state index contributed by atoms with van der Waals surface area (Å²) < 4.78 is 13.2. The molecule has 0 fully saturated rings. The van der Waals surface area contributed by atoms with Crippen LogP contribution >= 0.6 is 11.3 Å². The van der Waals surface area contributed by atoms with Crippen LogP contribution in [0.5, 0.6) is 0 Å². The maximum absolute atomic E-state index is 13.2. The molecule has 68 valence electrons.